The summed E-state index contributed by atoms with van der Waals surface area (Å²) in [4.78, 5) is 67.1. The first kappa shape index (κ1) is 32.2. The molecular weight excluding hydrogens is 549 g/mol. The van der Waals surface area contributed by atoms with Crippen LogP contribution in [0.3, 0.4) is 0 Å². The maximum absolute atomic E-state index is 13.4. The Labute approximate surface area is 243 Å². The fourth-order valence-corrected chi connectivity index (χ4v) is 4.48. The van der Waals surface area contributed by atoms with E-state index in [0.29, 0.717) is 5.69 Å². The summed E-state index contributed by atoms with van der Waals surface area (Å²) in [6.07, 6.45) is -2.73. The van der Waals surface area contributed by atoms with Gasteiger partial charge in [-0.2, -0.15) is 0 Å². The number of rotatable bonds is 13. The summed E-state index contributed by atoms with van der Waals surface area (Å²) in [5.74, 6) is -6.01. The number of aliphatic carboxylic acids is 1. The molecule has 13 nitrogen and oxygen atoms in total. The second-order valence-corrected chi connectivity index (χ2v) is 10.4. The standard InChI is InChI=1S/C28H34BN3O10/c1-16(2)13-21(29-41-27(39)28(42-29,14-22(34)35)15-23(36)40-4)31-26(38)24(17(3)33)32-25(37)20-12-8-11-19(30-20)18-9-6-5-7-10-18/h5-12,16-17,21,24,33H,13-15H2,1-4H3,(H,31,38)(H,32,37)(H,34,35)/t17-,21+,24+,28-/m1/s1. The molecule has 0 radical (unpaired) electrons. The van der Waals surface area contributed by atoms with Gasteiger partial charge in [-0.15, -0.1) is 0 Å². The maximum Gasteiger partial charge on any atom is 0.552 e. The number of aliphatic hydroxyl groups is 1. The molecule has 0 spiro atoms. The first-order chi connectivity index (χ1) is 19.8. The van der Waals surface area contributed by atoms with Gasteiger partial charge >= 0.3 is 25.0 Å². The number of nitrogens with one attached hydrogen (secondary N) is 2. The number of methoxy groups -OCH3 is 1. The van der Waals surface area contributed by atoms with Crippen molar-refractivity contribution in [3.8, 4) is 11.3 Å². The van der Waals surface area contributed by atoms with Gasteiger partial charge in [0.2, 0.25) is 5.91 Å². The van der Waals surface area contributed by atoms with Crippen molar-refractivity contribution in [2.45, 2.75) is 63.7 Å². The Hall–Kier alpha value is -4.30. The number of nitrogens with zero attached hydrogens (tertiary/aromatic N) is 1. The molecule has 2 heterocycles. The van der Waals surface area contributed by atoms with Gasteiger partial charge in [-0.1, -0.05) is 50.2 Å². The minimum absolute atomic E-state index is 0.0165. The van der Waals surface area contributed by atoms with Crippen LogP contribution in [0.5, 0.6) is 0 Å². The highest BCUT2D eigenvalue weighted by Crippen LogP contribution is 2.33. The molecule has 224 valence electrons. The summed E-state index contributed by atoms with van der Waals surface area (Å²) in [6, 6.07) is 12.6. The van der Waals surface area contributed by atoms with Gasteiger partial charge in [0.25, 0.3) is 5.91 Å². The smallest absolute Gasteiger partial charge is 0.506 e. The van der Waals surface area contributed by atoms with E-state index in [0.717, 1.165) is 12.7 Å². The normalized spacial score (nSPS) is 18.5. The Bertz CT molecular complexity index is 1310. The lowest BCUT2D eigenvalue weighted by molar-refractivity contribution is -0.159. The van der Waals surface area contributed by atoms with Crippen LogP contribution in [-0.4, -0.2) is 82.8 Å². The number of amides is 2. The van der Waals surface area contributed by atoms with Crippen molar-refractivity contribution < 1.29 is 48.2 Å². The fourth-order valence-electron chi connectivity index (χ4n) is 4.48. The predicted octanol–water partition coefficient (Wildman–Crippen LogP) is 1.14. The Kier molecular flexibility index (Phi) is 10.8. The van der Waals surface area contributed by atoms with Gasteiger partial charge in [-0.25, -0.2) is 4.98 Å². The molecule has 4 atom stereocenters. The predicted molar refractivity (Wildman–Crippen MR) is 149 cm³/mol. The minimum Gasteiger partial charge on any atom is -0.506 e. The second kappa shape index (κ2) is 14.1. The average Bonchev–Trinajstić information content (AvgIpc) is 3.25. The molecule has 0 saturated carbocycles. The Morgan fingerprint density at radius 3 is 2.31 bits per heavy atom. The monoisotopic (exact) mass is 583 g/mol. The van der Waals surface area contributed by atoms with Crippen LogP contribution in [0.2, 0.25) is 0 Å². The largest absolute Gasteiger partial charge is 0.552 e. The van der Waals surface area contributed by atoms with Crippen molar-refractivity contribution in [2.75, 3.05) is 7.11 Å². The van der Waals surface area contributed by atoms with Crippen molar-refractivity contribution in [2.24, 2.45) is 5.92 Å². The highest BCUT2D eigenvalue weighted by Gasteiger charge is 2.58. The maximum atomic E-state index is 13.4. The number of hydrogen-bond donors (Lipinski definition) is 4. The highest BCUT2D eigenvalue weighted by atomic mass is 16.7. The van der Waals surface area contributed by atoms with E-state index < -0.39 is 73.4 Å². The number of ether oxygens (including phenoxy) is 1. The molecule has 42 heavy (non-hydrogen) atoms. The summed E-state index contributed by atoms with van der Waals surface area (Å²) >= 11 is 0. The van der Waals surface area contributed by atoms with Crippen LogP contribution in [0.25, 0.3) is 11.3 Å². The number of carbonyl (C=O) groups is 5. The molecule has 4 N–H and O–H groups in total. The van der Waals surface area contributed by atoms with Gasteiger partial charge in [-0.05, 0) is 31.4 Å². The summed E-state index contributed by atoms with van der Waals surface area (Å²) in [6.45, 7) is 4.97. The fraction of sp³-hybridized carbons (Fsp3) is 0.429. The number of hydrogen-bond acceptors (Lipinski definition) is 10. The average molecular weight is 583 g/mol. The van der Waals surface area contributed by atoms with E-state index in [2.05, 4.69) is 20.4 Å². The van der Waals surface area contributed by atoms with E-state index in [1.807, 2.05) is 44.2 Å². The molecule has 3 rings (SSSR count). The van der Waals surface area contributed by atoms with Crippen molar-refractivity contribution in [3.05, 3.63) is 54.2 Å². The molecule has 1 aliphatic heterocycles. The Balaban J connectivity index is 1.80. The van der Waals surface area contributed by atoms with Crippen molar-refractivity contribution >= 4 is 36.8 Å². The molecule has 2 aromatic rings. The van der Waals surface area contributed by atoms with E-state index in [1.165, 1.54) is 13.0 Å². The highest BCUT2D eigenvalue weighted by molar-refractivity contribution is 6.51. The Morgan fingerprint density at radius 2 is 1.71 bits per heavy atom. The van der Waals surface area contributed by atoms with Crippen LogP contribution in [-0.2, 0) is 33.2 Å². The van der Waals surface area contributed by atoms with Crippen LogP contribution in [0.4, 0.5) is 0 Å². The number of esters is 1. The van der Waals surface area contributed by atoms with E-state index in [1.54, 1.807) is 12.1 Å². The van der Waals surface area contributed by atoms with Crippen LogP contribution >= 0.6 is 0 Å². The molecule has 1 aromatic carbocycles. The minimum atomic E-state index is -2.16. The van der Waals surface area contributed by atoms with Gasteiger partial charge in [0.1, 0.15) is 11.7 Å². The van der Waals surface area contributed by atoms with Crippen LogP contribution < -0.4 is 10.6 Å². The molecule has 0 aliphatic carbocycles. The first-order valence-electron chi connectivity index (χ1n) is 13.3. The molecule has 1 aromatic heterocycles. The molecule has 1 saturated heterocycles. The summed E-state index contributed by atoms with van der Waals surface area (Å²) in [5, 5.41) is 24.9. The molecule has 1 fully saturated rings. The van der Waals surface area contributed by atoms with Crippen LogP contribution in [0.1, 0.15) is 50.5 Å². The third kappa shape index (κ3) is 8.14. The lowest BCUT2D eigenvalue weighted by Gasteiger charge is -2.27. The number of carboxylic acid groups (broad SMARTS) is 1. The van der Waals surface area contributed by atoms with Gasteiger partial charge in [0.05, 0.1) is 37.7 Å². The zero-order chi connectivity index (χ0) is 31.0. The summed E-state index contributed by atoms with van der Waals surface area (Å²) in [7, 11) is -0.378. The quantitative estimate of drug-likeness (QED) is 0.195. The van der Waals surface area contributed by atoms with Crippen molar-refractivity contribution in [3.63, 3.8) is 0 Å². The Morgan fingerprint density at radius 1 is 1.02 bits per heavy atom. The molecule has 0 unspecified atom stereocenters. The summed E-state index contributed by atoms with van der Waals surface area (Å²) in [5.41, 5.74) is -0.819. The number of aromatic nitrogens is 1. The zero-order valence-electron chi connectivity index (χ0n) is 23.7. The number of benzene rings is 1. The molecule has 1 aliphatic rings. The first-order valence-corrected chi connectivity index (χ1v) is 13.3. The second-order valence-electron chi connectivity index (χ2n) is 10.4. The number of pyridine rings is 1. The molecular formula is C28H34BN3O10. The SMILES string of the molecule is COC(=O)C[C@@]1(CC(=O)O)OB([C@H](CC(C)C)NC(=O)[C@@H](NC(=O)c2cccc(-c3ccccc3)n2)[C@@H](C)O)OC1=O. The summed E-state index contributed by atoms with van der Waals surface area (Å²) < 4.78 is 15.6. The van der Waals surface area contributed by atoms with Gasteiger partial charge in [0.15, 0.2) is 5.60 Å². The number of aliphatic hydroxyl groups excluding tert-OH is 1. The number of carbonyl (C=O) groups excluding carboxylic acids is 4. The van der Waals surface area contributed by atoms with Crippen molar-refractivity contribution in [1.29, 1.82) is 0 Å². The zero-order valence-corrected chi connectivity index (χ0v) is 23.7. The third-order valence-electron chi connectivity index (χ3n) is 6.52. The van der Waals surface area contributed by atoms with E-state index in [-0.39, 0.29) is 18.0 Å². The molecule has 2 amide bonds. The van der Waals surface area contributed by atoms with E-state index >= 15 is 0 Å². The van der Waals surface area contributed by atoms with Crippen LogP contribution in [0, 0.1) is 5.92 Å². The molecule has 14 heteroatoms. The van der Waals surface area contributed by atoms with Gasteiger partial charge < -0.3 is 34.9 Å². The van der Waals surface area contributed by atoms with Gasteiger partial charge in [0, 0.05) is 5.56 Å². The number of carboxylic acids is 1. The van der Waals surface area contributed by atoms with Gasteiger partial charge in [-0.3, -0.25) is 24.0 Å². The van der Waals surface area contributed by atoms with Crippen molar-refractivity contribution in [1.82, 2.24) is 15.6 Å². The lowest BCUT2D eigenvalue weighted by Crippen LogP contribution is -2.58. The lowest BCUT2D eigenvalue weighted by atomic mass is 9.73. The molecule has 0 bridgehead atoms. The van der Waals surface area contributed by atoms with E-state index in [4.69, 9.17) is 9.31 Å². The van der Waals surface area contributed by atoms with E-state index in [9.17, 15) is 34.2 Å². The van der Waals surface area contributed by atoms with Crippen LogP contribution in [0.15, 0.2) is 48.5 Å². The third-order valence-corrected chi connectivity index (χ3v) is 6.52. The topological polar surface area (TPSA) is 190 Å².